The standard InChI is InChI=1S/C22H29N3O4S/c1-25-12-10-17-15-20(22(28-2)23-19(17)11-13-25)24-30(26,27)18-8-6-16(7-9-18)21-5-3-4-14-29-21/h6-9,15,21,24H,3-5,10-14H2,1-2H3/t21-/m1/s1. The molecule has 0 bridgehead atoms. The molecule has 1 aromatic heterocycles. The van der Waals surface area contributed by atoms with E-state index < -0.39 is 10.0 Å². The molecule has 1 N–H and O–H groups in total. The normalized spacial score (nSPS) is 20.3. The first-order chi connectivity index (χ1) is 14.5. The first kappa shape index (κ1) is 21.1. The highest BCUT2D eigenvalue weighted by molar-refractivity contribution is 7.92. The van der Waals surface area contributed by atoms with Crippen LogP contribution in [-0.2, 0) is 27.6 Å². The summed E-state index contributed by atoms with van der Waals surface area (Å²) in [5.74, 6) is 0.300. The molecule has 30 heavy (non-hydrogen) atoms. The van der Waals surface area contributed by atoms with Crippen LogP contribution in [0.1, 0.15) is 42.2 Å². The van der Waals surface area contributed by atoms with E-state index in [1.165, 1.54) is 7.11 Å². The first-order valence-electron chi connectivity index (χ1n) is 10.5. The second-order valence-electron chi connectivity index (χ2n) is 7.98. The van der Waals surface area contributed by atoms with E-state index >= 15 is 0 Å². The Labute approximate surface area is 178 Å². The van der Waals surface area contributed by atoms with Crippen LogP contribution in [0.2, 0.25) is 0 Å². The summed E-state index contributed by atoms with van der Waals surface area (Å²) in [4.78, 5) is 7.04. The monoisotopic (exact) mass is 431 g/mol. The minimum Gasteiger partial charge on any atom is -0.479 e. The molecule has 4 rings (SSSR count). The largest absolute Gasteiger partial charge is 0.479 e. The van der Waals surface area contributed by atoms with Gasteiger partial charge in [-0.05, 0) is 62.1 Å². The van der Waals surface area contributed by atoms with E-state index in [2.05, 4.69) is 21.7 Å². The van der Waals surface area contributed by atoms with Gasteiger partial charge in [0.25, 0.3) is 10.0 Å². The van der Waals surface area contributed by atoms with Crippen LogP contribution in [-0.4, -0.2) is 52.2 Å². The van der Waals surface area contributed by atoms with Crippen molar-refractivity contribution in [2.45, 2.75) is 43.1 Å². The van der Waals surface area contributed by atoms with Gasteiger partial charge in [-0.3, -0.25) is 4.72 Å². The van der Waals surface area contributed by atoms with Crippen molar-refractivity contribution < 1.29 is 17.9 Å². The summed E-state index contributed by atoms with van der Waals surface area (Å²) in [6.07, 6.45) is 4.88. The quantitative estimate of drug-likeness (QED) is 0.783. The number of sulfonamides is 1. The van der Waals surface area contributed by atoms with Crippen LogP contribution in [0.5, 0.6) is 5.88 Å². The lowest BCUT2D eigenvalue weighted by atomic mass is 10.0. The molecule has 7 nitrogen and oxygen atoms in total. The van der Waals surface area contributed by atoms with Crippen LogP contribution in [0.15, 0.2) is 35.2 Å². The number of anilines is 1. The average molecular weight is 432 g/mol. The molecule has 3 heterocycles. The Morgan fingerprint density at radius 2 is 1.93 bits per heavy atom. The number of methoxy groups -OCH3 is 1. The third-order valence-corrected chi connectivity index (χ3v) is 7.21. The number of benzene rings is 1. The van der Waals surface area contributed by atoms with Crippen molar-refractivity contribution in [3.05, 3.63) is 47.2 Å². The topological polar surface area (TPSA) is 80.8 Å². The molecule has 0 aliphatic carbocycles. The Morgan fingerprint density at radius 1 is 1.17 bits per heavy atom. The van der Waals surface area contributed by atoms with Crippen LogP contribution >= 0.6 is 0 Å². The van der Waals surface area contributed by atoms with E-state index in [1.54, 1.807) is 12.1 Å². The number of aromatic nitrogens is 1. The number of hydrogen-bond donors (Lipinski definition) is 1. The summed E-state index contributed by atoms with van der Waals surface area (Å²) in [7, 11) is -0.175. The molecule has 162 valence electrons. The SMILES string of the molecule is COc1nc2c(cc1NS(=O)(=O)c1ccc([C@H]3CCCCO3)cc1)CCN(C)CC2. The van der Waals surface area contributed by atoms with Gasteiger partial charge in [0, 0.05) is 31.8 Å². The summed E-state index contributed by atoms with van der Waals surface area (Å²) in [6, 6.07) is 8.81. The summed E-state index contributed by atoms with van der Waals surface area (Å²) in [5.41, 5.74) is 3.42. The van der Waals surface area contributed by atoms with Gasteiger partial charge in [-0.25, -0.2) is 13.4 Å². The van der Waals surface area contributed by atoms with Crippen molar-refractivity contribution in [2.75, 3.05) is 38.6 Å². The second kappa shape index (κ2) is 8.91. The van der Waals surface area contributed by atoms with Gasteiger partial charge in [-0.15, -0.1) is 0 Å². The minimum atomic E-state index is -3.76. The van der Waals surface area contributed by atoms with E-state index in [0.717, 1.165) is 68.6 Å². The predicted octanol–water partition coefficient (Wildman–Crippen LogP) is 3.16. The molecule has 0 radical (unpaired) electrons. The predicted molar refractivity (Wildman–Crippen MR) is 115 cm³/mol. The zero-order valence-electron chi connectivity index (χ0n) is 17.6. The Hall–Kier alpha value is -2.16. The summed E-state index contributed by atoms with van der Waals surface area (Å²) in [5, 5.41) is 0. The fraction of sp³-hybridized carbons (Fsp3) is 0.500. The van der Waals surface area contributed by atoms with E-state index in [9.17, 15) is 8.42 Å². The van der Waals surface area contributed by atoms with Crippen molar-refractivity contribution in [3.63, 3.8) is 0 Å². The van der Waals surface area contributed by atoms with Crippen LogP contribution in [0.4, 0.5) is 5.69 Å². The van der Waals surface area contributed by atoms with Gasteiger partial charge < -0.3 is 14.4 Å². The van der Waals surface area contributed by atoms with E-state index in [4.69, 9.17) is 9.47 Å². The lowest BCUT2D eigenvalue weighted by Crippen LogP contribution is -2.20. The molecule has 0 spiro atoms. The molecule has 1 fully saturated rings. The van der Waals surface area contributed by atoms with E-state index in [1.807, 2.05) is 18.2 Å². The minimum absolute atomic E-state index is 0.0514. The van der Waals surface area contributed by atoms with Crippen LogP contribution in [0.25, 0.3) is 0 Å². The van der Waals surface area contributed by atoms with Crippen molar-refractivity contribution >= 4 is 15.7 Å². The molecule has 1 aromatic carbocycles. The summed E-state index contributed by atoms with van der Waals surface area (Å²) >= 11 is 0. The van der Waals surface area contributed by atoms with Gasteiger partial charge in [-0.1, -0.05) is 12.1 Å². The average Bonchev–Trinajstić information content (AvgIpc) is 2.95. The maximum Gasteiger partial charge on any atom is 0.262 e. The zero-order chi connectivity index (χ0) is 21.1. The number of pyridine rings is 1. The van der Waals surface area contributed by atoms with Gasteiger partial charge in [0.2, 0.25) is 5.88 Å². The van der Waals surface area contributed by atoms with Crippen LogP contribution in [0.3, 0.4) is 0 Å². The number of ether oxygens (including phenoxy) is 2. The third-order valence-electron chi connectivity index (χ3n) is 5.83. The first-order valence-corrected chi connectivity index (χ1v) is 11.9. The number of fused-ring (bicyclic) bond motifs is 1. The Bertz CT molecular complexity index is 986. The number of hydrogen-bond acceptors (Lipinski definition) is 6. The highest BCUT2D eigenvalue weighted by Gasteiger charge is 2.22. The molecule has 0 unspecified atom stereocenters. The molecule has 0 amide bonds. The van der Waals surface area contributed by atoms with Gasteiger partial charge >= 0.3 is 0 Å². The Kier molecular flexibility index (Phi) is 6.26. The number of nitrogens with one attached hydrogen (secondary N) is 1. The summed E-state index contributed by atoms with van der Waals surface area (Å²) < 4.78 is 39.9. The van der Waals surface area contributed by atoms with E-state index in [-0.39, 0.29) is 11.0 Å². The highest BCUT2D eigenvalue weighted by Crippen LogP contribution is 2.31. The van der Waals surface area contributed by atoms with Crippen molar-refractivity contribution in [1.82, 2.24) is 9.88 Å². The number of likely N-dealkylation sites (N-methyl/N-ethyl adjacent to an activating group) is 1. The van der Waals surface area contributed by atoms with Gasteiger partial charge in [0.15, 0.2) is 0 Å². The molecular weight excluding hydrogens is 402 g/mol. The lowest BCUT2D eigenvalue weighted by molar-refractivity contribution is 0.0149. The molecule has 2 aliphatic rings. The van der Waals surface area contributed by atoms with Crippen molar-refractivity contribution in [1.29, 1.82) is 0 Å². The number of rotatable bonds is 5. The maximum atomic E-state index is 13.0. The highest BCUT2D eigenvalue weighted by atomic mass is 32.2. The molecular formula is C22H29N3O4S. The van der Waals surface area contributed by atoms with Crippen LogP contribution in [0, 0.1) is 0 Å². The molecule has 2 aromatic rings. The number of nitrogens with zero attached hydrogens (tertiary/aromatic N) is 2. The van der Waals surface area contributed by atoms with Gasteiger partial charge in [-0.2, -0.15) is 0 Å². The van der Waals surface area contributed by atoms with Crippen molar-refractivity contribution in [2.24, 2.45) is 0 Å². The second-order valence-corrected chi connectivity index (χ2v) is 9.67. The molecule has 8 heteroatoms. The van der Waals surface area contributed by atoms with Crippen LogP contribution < -0.4 is 9.46 Å². The van der Waals surface area contributed by atoms with Crippen molar-refractivity contribution in [3.8, 4) is 5.88 Å². The molecule has 0 saturated carbocycles. The zero-order valence-corrected chi connectivity index (χ0v) is 18.4. The van der Waals surface area contributed by atoms with Gasteiger partial charge in [0.05, 0.1) is 18.1 Å². The smallest absolute Gasteiger partial charge is 0.262 e. The van der Waals surface area contributed by atoms with Gasteiger partial charge in [0.1, 0.15) is 5.69 Å². The Balaban J connectivity index is 1.57. The van der Waals surface area contributed by atoms with E-state index in [0.29, 0.717) is 11.6 Å². The third kappa shape index (κ3) is 4.61. The lowest BCUT2D eigenvalue weighted by Gasteiger charge is -2.23. The molecule has 1 atom stereocenters. The molecule has 1 saturated heterocycles. The fourth-order valence-electron chi connectivity index (χ4n) is 4.02. The summed E-state index contributed by atoms with van der Waals surface area (Å²) in [6.45, 7) is 2.59. The molecule has 2 aliphatic heterocycles. The maximum absolute atomic E-state index is 13.0. The Morgan fingerprint density at radius 3 is 2.63 bits per heavy atom. The fourth-order valence-corrected chi connectivity index (χ4v) is 5.07.